The van der Waals surface area contributed by atoms with E-state index in [1.807, 2.05) is 11.3 Å². The lowest BCUT2D eigenvalue weighted by Gasteiger charge is -2.61. The number of hydrogen-bond donors (Lipinski definition) is 1. The Labute approximate surface area is 173 Å². The molecule has 3 fully saturated rings. The van der Waals surface area contributed by atoms with E-state index in [-0.39, 0.29) is 5.91 Å². The molecule has 0 unspecified atom stereocenters. The molecule has 1 aliphatic heterocycles. The Kier molecular flexibility index (Phi) is 4.17. The fraction of sp³-hybridized carbons (Fsp3) is 0.500. The lowest BCUT2D eigenvalue weighted by atomic mass is 9.43. The van der Waals surface area contributed by atoms with Gasteiger partial charge in [-0.3, -0.25) is 4.79 Å². The number of benzene rings is 1. The zero-order chi connectivity index (χ0) is 18.8. The number of hydrogen-bond acceptors (Lipinski definition) is 3. The summed E-state index contributed by atoms with van der Waals surface area (Å²) in [6, 6.07) is 6.73. The topological polar surface area (TPSA) is 32.3 Å². The van der Waals surface area contributed by atoms with Crippen LogP contribution in [0.4, 0.5) is 11.4 Å². The molecule has 2 bridgehead atoms. The van der Waals surface area contributed by atoms with Crippen LogP contribution in [0.3, 0.4) is 0 Å². The number of thiophene rings is 1. The molecule has 1 N–H and O–H groups in total. The van der Waals surface area contributed by atoms with Gasteiger partial charge in [0.15, 0.2) is 0 Å². The average molecular weight is 445 g/mol. The van der Waals surface area contributed by atoms with Gasteiger partial charge in [-0.2, -0.15) is 0 Å². The molecular weight excluding hydrogens is 420 g/mol. The van der Waals surface area contributed by atoms with Gasteiger partial charge in [-0.05, 0) is 102 Å². The number of nitrogens with zero attached hydrogens (tertiary/aromatic N) is 1. The summed E-state index contributed by atoms with van der Waals surface area (Å²) in [7, 11) is 0. The summed E-state index contributed by atoms with van der Waals surface area (Å²) >= 11 is 5.46. The van der Waals surface area contributed by atoms with Crippen LogP contribution in [-0.4, -0.2) is 12.5 Å². The Morgan fingerprint density at radius 1 is 1.26 bits per heavy atom. The highest BCUT2D eigenvalue weighted by Crippen LogP contribution is 2.66. The molecular formula is C22H25BrN2OS. The van der Waals surface area contributed by atoms with Crippen LogP contribution in [0.25, 0.3) is 0 Å². The minimum atomic E-state index is 0.193. The van der Waals surface area contributed by atoms with Crippen LogP contribution in [0, 0.1) is 25.2 Å². The summed E-state index contributed by atoms with van der Waals surface area (Å²) in [5.41, 5.74) is 6.43. The lowest BCUT2D eigenvalue weighted by Crippen LogP contribution is -2.53. The van der Waals surface area contributed by atoms with Crippen LogP contribution in [-0.2, 0) is 17.8 Å². The van der Waals surface area contributed by atoms with Crippen molar-refractivity contribution in [2.45, 2.75) is 52.5 Å². The quantitative estimate of drug-likeness (QED) is 0.643. The molecule has 0 radical (unpaired) electrons. The summed E-state index contributed by atoms with van der Waals surface area (Å²) in [4.78, 5) is 16.5. The van der Waals surface area contributed by atoms with Crippen molar-refractivity contribution in [1.82, 2.24) is 0 Å². The SMILES string of the molecule is Cc1cc(N2CCc3cc(Br)sc3C2)cc(C)c1NC(=O)CC12CC(C1)C2. The van der Waals surface area contributed by atoms with Gasteiger partial charge < -0.3 is 10.2 Å². The number of halogens is 1. The van der Waals surface area contributed by atoms with Crippen LogP contribution >= 0.6 is 27.3 Å². The van der Waals surface area contributed by atoms with Crippen molar-refractivity contribution >= 4 is 44.5 Å². The van der Waals surface area contributed by atoms with Gasteiger partial charge in [0.1, 0.15) is 0 Å². The van der Waals surface area contributed by atoms with Crippen LogP contribution in [0.15, 0.2) is 22.0 Å². The normalized spacial score (nSPS) is 25.4. The van der Waals surface area contributed by atoms with E-state index >= 15 is 0 Å². The molecule has 3 aliphatic carbocycles. The Hall–Kier alpha value is -1.33. The highest BCUT2D eigenvalue weighted by molar-refractivity contribution is 9.11. The van der Waals surface area contributed by atoms with Gasteiger partial charge in [0, 0.05) is 29.2 Å². The smallest absolute Gasteiger partial charge is 0.224 e. The van der Waals surface area contributed by atoms with Crippen molar-refractivity contribution in [2.75, 3.05) is 16.8 Å². The van der Waals surface area contributed by atoms with Crippen molar-refractivity contribution in [3.63, 3.8) is 0 Å². The molecule has 3 nitrogen and oxygen atoms in total. The van der Waals surface area contributed by atoms with Gasteiger partial charge in [0.25, 0.3) is 0 Å². The average Bonchev–Trinajstić information content (AvgIpc) is 2.92. The molecule has 1 aromatic heterocycles. The van der Waals surface area contributed by atoms with Gasteiger partial charge in [0.05, 0.1) is 10.3 Å². The van der Waals surface area contributed by atoms with Crippen molar-refractivity contribution in [3.8, 4) is 0 Å². The number of carbonyl (C=O) groups excluding carboxylic acids is 1. The van der Waals surface area contributed by atoms with Gasteiger partial charge >= 0.3 is 0 Å². The van der Waals surface area contributed by atoms with E-state index in [1.54, 1.807) is 0 Å². The second-order valence-corrected chi connectivity index (χ2v) is 11.3. The van der Waals surface area contributed by atoms with Gasteiger partial charge in [-0.15, -0.1) is 11.3 Å². The number of carbonyl (C=O) groups is 1. The monoisotopic (exact) mass is 444 g/mol. The zero-order valence-electron chi connectivity index (χ0n) is 15.9. The molecule has 0 saturated heterocycles. The number of anilines is 2. The Morgan fingerprint density at radius 3 is 2.59 bits per heavy atom. The van der Waals surface area contributed by atoms with Crippen LogP contribution in [0.5, 0.6) is 0 Å². The highest BCUT2D eigenvalue weighted by Gasteiger charge is 2.56. The number of aryl methyl sites for hydroxylation is 2. The van der Waals surface area contributed by atoms with E-state index < -0.39 is 0 Å². The van der Waals surface area contributed by atoms with E-state index in [1.165, 1.54) is 39.2 Å². The fourth-order valence-corrected chi connectivity index (χ4v) is 7.03. The number of fused-ring (bicyclic) bond motifs is 1. The summed E-state index contributed by atoms with van der Waals surface area (Å²) in [6.07, 6.45) is 5.61. The summed E-state index contributed by atoms with van der Waals surface area (Å²) in [5, 5.41) is 3.21. The van der Waals surface area contributed by atoms with Crippen molar-refractivity contribution in [3.05, 3.63) is 43.6 Å². The van der Waals surface area contributed by atoms with E-state index in [4.69, 9.17) is 0 Å². The van der Waals surface area contributed by atoms with Crippen molar-refractivity contribution in [1.29, 1.82) is 0 Å². The molecule has 3 saturated carbocycles. The molecule has 0 atom stereocenters. The minimum absolute atomic E-state index is 0.193. The first kappa shape index (κ1) is 17.7. The molecule has 2 aromatic rings. The van der Waals surface area contributed by atoms with Crippen LogP contribution in [0.1, 0.15) is 47.3 Å². The number of nitrogens with one attached hydrogen (secondary N) is 1. The number of rotatable bonds is 4. The first-order chi connectivity index (χ1) is 12.9. The molecule has 142 valence electrons. The molecule has 27 heavy (non-hydrogen) atoms. The molecule has 0 spiro atoms. The first-order valence-electron chi connectivity index (χ1n) is 9.84. The second kappa shape index (κ2) is 6.35. The van der Waals surface area contributed by atoms with E-state index in [9.17, 15) is 4.79 Å². The minimum Gasteiger partial charge on any atom is -0.366 e. The Bertz CT molecular complexity index is 894. The molecule has 4 aliphatic rings. The van der Waals surface area contributed by atoms with Gasteiger partial charge in [0.2, 0.25) is 5.91 Å². The maximum atomic E-state index is 12.6. The largest absolute Gasteiger partial charge is 0.366 e. The molecule has 6 rings (SSSR count). The molecule has 2 heterocycles. The third kappa shape index (κ3) is 3.13. The Balaban J connectivity index is 1.31. The van der Waals surface area contributed by atoms with Crippen molar-refractivity contribution < 1.29 is 4.79 Å². The number of amides is 1. The predicted molar refractivity (Wildman–Crippen MR) is 116 cm³/mol. The van der Waals surface area contributed by atoms with E-state index in [0.717, 1.165) is 42.2 Å². The molecule has 1 amide bonds. The maximum absolute atomic E-state index is 12.6. The third-order valence-corrected chi connectivity index (χ3v) is 8.36. The lowest BCUT2D eigenvalue weighted by molar-refractivity contribution is -0.139. The summed E-state index contributed by atoms with van der Waals surface area (Å²) < 4.78 is 1.23. The molecule has 5 heteroatoms. The summed E-state index contributed by atoms with van der Waals surface area (Å²) in [6.45, 7) is 6.25. The van der Waals surface area contributed by atoms with Crippen molar-refractivity contribution in [2.24, 2.45) is 11.3 Å². The fourth-order valence-electron chi connectivity index (χ4n) is 5.22. The van der Waals surface area contributed by atoms with E-state index in [0.29, 0.717) is 11.8 Å². The first-order valence-corrected chi connectivity index (χ1v) is 11.4. The van der Waals surface area contributed by atoms with E-state index in [2.05, 4.69) is 58.2 Å². The van der Waals surface area contributed by atoms with Gasteiger partial charge in [-0.1, -0.05) is 0 Å². The highest BCUT2D eigenvalue weighted by atomic mass is 79.9. The third-order valence-electron chi connectivity index (χ3n) is 6.70. The molecule has 1 aromatic carbocycles. The predicted octanol–water partition coefficient (Wildman–Crippen LogP) is 5.82. The second-order valence-electron chi connectivity index (χ2n) is 8.83. The summed E-state index contributed by atoms with van der Waals surface area (Å²) in [5.74, 6) is 1.12. The Morgan fingerprint density at radius 2 is 1.96 bits per heavy atom. The van der Waals surface area contributed by atoms with Crippen LogP contribution < -0.4 is 10.2 Å². The van der Waals surface area contributed by atoms with Crippen LogP contribution in [0.2, 0.25) is 0 Å². The standard InChI is InChI=1S/C22H25BrN2OS/c1-13-5-17(25-4-3-16-7-19(23)27-18(16)12-25)6-14(2)21(13)24-20(26)11-22-8-15(9-22)10-22/h5-7,15H,3-4,8-12H2,1-2H3,(H,24,26). The maximum Gasteiger partial charge on any atom is 0.224 e. The van der Waals surface area contributed by atoms with Gasteiger partial charge in [-0.25, -0.2) is 0 Å². The zero-order valence-corrected chi connectivity index (χ0v) is 18.3.